The van der Waals surface area contributed by atoms with Crippen molar-refractivity contribution in [1.82, 2.24) is 9.88 Å². The first-order valence-corrected chi connectivity index (χ1v) is 17.3. The largest absolute Gasteiger partial charge is 0.541 e. The minimum atomic E-state index is -3.83. The fourth-order valence-corrected chi connectivity index (χ4v) is 11.9. The average molecular weight is 586 g/mol. The minimum absolute atomic E-state index is 0.00550. The number of amides is 2. The SMILES string of the molecule is CCS(=O)(=O)Nc1c2c(c(O[Si](C(C)C)(C(C)C)C(C)C)c3ncccc13)C(=O)N(Cc1ccc(F)cc1)C2=O. The van der Waals surface area contributed by atoms with Crippen molar-refractivity contribution in [1.29, 1.82) is 0 Å². The van der Waals surface area contributed by atoms with Gasteiger partial charge < -0.3 is 4.43 Å². The molecule has 2 aromatic carbocycles. The van der Waals surface area contributed by atoms with Crippen molar-refractivity contribution in [2.24, 2.45) is 0 Å². The second-order valence-corrected chi connectivity index (χ2v) is 18.5. The summed E-state index contributed by atoms with van der Waals surface area (Å²) in [6.07, 6.45) is 1.56. The van der Waals surface area contributed by atoms with Crippen LogP contribution >= 0.6 is 0 Å². The number of imide groups is 1. The van der Waals surface area contributed by atoms with E-state index in [9.17, 15) is 22.4 Å². The maximum atomic E-state index is 14.1. The summed E-state index contributed by atoms with van der Waals surface area (Å²) in [6, 6.07) is 8.85. The Bertz CT molecular complexity index is 1550. The van der Waals surface area contributed by atoms with Crippen LogP contribution in [0.2, 0.25) is 16.6 Å². The van der Waals surface area contributed by atoms with E-state index in [0.717, 1.165) is 4.90 Å². The van der Waals surface area contributed by atoms with Crippen LogP contribution in [0.5, 0.6) is 5.75 Å². The van der Waals surface area contributed by atoms with Crippen molar-refractivity contribution < 1.29 is 26.8 Å². The van der Waals surface area contributed by atoms with Crippen molar-refractivity contribution in [3.8, 4) is 5.75 Å². The van der Waals surface area contributed by atoms with Gasteiger partial charge in [0.15, 0.2) is 0 Å². The van der Waals surface area contributed by atoms with Crippen LogP contribution in [0.4, 0.5) is 10.1 Å². The van der Waals surface area contributed by atoms with E-state index in [1.165, 1.54) is 31.2 Å². The molecule has 3 aromatic rings. The van der Waals surface area contributed by atoms with Gasteiger partial charge in [0, 0.05) is 11.6 Å². The summed E-state index contributed by atoms with van der Waals surface area (Å²) in [5, 5.41) is 0.372. The van der Waals surface area contributed by atoms with Crippen molar-refractivity contribution in [3.05, 3.63) is 65.1 Å². The molecule has 0 radical (unpaired) electrons. The number of sulfonamides is 1. The molecular formula is C29H36FN3O5SSi. The molecule has 1 aliphatic rings. The number of nitrogens with zero attached hydrogens (tertiary/aromatic N) is 2. The molecule has 4 rings (SSSR count). The number of hydrogen-bond acceptors (Lipinski definition) is 6. The van der Waals surface area contributed by atoms with E-state index >= 15 is 0 Å². The van der Waals surface area contributed by atoms with Gasteiger partial charge in [0.25, 0.3) is 20.1 Å². The van der Waals surface area contributed by atoms with E-state index in [1.807, 2.05) is 0 Å². The van der Waals surface area contributed by atoms with Crippen LogP contribution in [-0.2, 0) is 16.6 Å². The molecule has 1 N–H and O–H groups in total. The van der Waals surface area contributed by atoms with E-state index in [-0.39, 0.29) is 51.5 Å². The Morgan fingerprint density at radius 1 is 0.950 bits per heavy atom. The summed E-state index contributed by atoms with van der Waals surface area (Å²) in [5.41, 5.74) is 1.29. The Labute approximate surface area is 236 Å². The molecule has 40 heavy (non-hydrogen) atoms. The Balaban J connectivity index is 2.04. The van der Waals surface area contributed by atoms with Gasteiger partial charge in [-0.2, -0.15) is 0 Å². The first-order chi connectivity index (χ1) is 18.7. The fraction of sp³-hybridized carbons (Fsp3) is 0.414. The lowest BCUT2D eigenvalue weighted by Crippen LogP contribution is -2.51. The number of anilines is 1. The minimum Gasteiger partial charge on any atom is -0.541 e. The Morgan fingerprint density at radius 2 is 1.52 bits per heavy atom. The van der Waals surface area contributed by atoms with E-state index in [1.54, 1.807) is 18.3 Å². The number of pyridine rings is 1. The molecule has 1 aromatic heterocycles. The molecule has 0 unspecified atom stereocenters. The summed E-state index contributed by atoms with van der Waals surface area (Å²) in [7, 11) is -6.49. The molecule has 214 valence electrons. The number of carbonyl (C=O) groups is 2. The molecule has 2 heterocycles. The normalized spacial score (nSPS) is 14.1. The Morgan fingerprint density at radius 3 is 2.08 bits per heavy atom. The smallest absolute Gasteiger partial charge is 0.265 e. The highest BCUT2D eigenvalue weighted by molar-refractivity contribution is 7.92. The number of carbonyl (C=O) groups excluding carboxylic acids is 2. The molecule has 0 aliphatic carbocycles. The zero-order valence-electron chi connectivity index (χ0n) is 23.9. The van der Waals surface area contributed by atoms with Crippen molar-refractivity contribution in [2.45, 2.75) is 71.6 Å². The number of halogens is 1. The quantitative estimate of drug-likeness (QED) is 0.215. The molecule has 0 saturated heterocycles. The van der Waals surface area contributed by atoms with Gasteiger partial charge in [-0.05, 0) is 53.4 Å². The van der Waals surface area contributed by atoms with Crippen LogP contribution in [0.3, 0.4) is 0 Å². The first kappa shape index (κ1) is 29.7. The highest BCUT2D eigenvalue weighted by atomic mass is 32.2. The second-order valence-electron chi connectivity index (χ2n) is 11.1. The highest BCUT2D eigenvalue weighted by Crippen LogP contribution is 2.49. The molecule has 8 nitrogen and oxygen atoms in total. The van der Waals surface area contributed by atoms with Gasteiger partial charge >= 0.3 is 0 Å². The predicted octanol–water partition coefficient (Wildman–Crippen LogP) is 6.49. The molecule has 0 bridgehead atoms. The maximum absolute atomic E-state index is 14.1. The topological polar surface area (TPSA) is 106 Å². The number of aromatic nitrogens is 1. The van der Waals surface area contributed by atoms with Gasteiger partial charge in [0.05, 0.1) is 29.1 Å². The monoisotopic (exact) mass is 585 g/mol. The van der Waals surface area contributed by atoms with Gasteiger partial charge in [0.2, 0.25) is 10.0 Å². The number of fused-ring (bicyclic) bond motifs is 2. The lowest BCUT2D eigenvalue weighted by Gasteiger charge is -2.42. The highest BCUT2D eigenvalue weighted by Gasteiger charge is 2.50. The first-order valence-electron chi connectivity index (χ1n) is 13.5. The zero-order chi connectivity index (χ0) is 29.6. The van der Waals surface area contributed by atoms with Crippen LogP contribution in [0.15, 0.2) is 42.6 Å². The Kier molecular flexibility index (Phi) is 8.10. The third-order valence-electron chi connectivity index (χ3n) is 7.81. The predicted molar refractivity (Wildman–Crippen MR) is 157 cm³/mol. The third kappa shape index (κ3) is 5.00. The number of nitrogens with one attached hydrogen (secondary N) is 1. The summed E-state index contributed by atoms with van der Waals surface area (Å²) < 4.78 is 48.7. The van der Waals surface area contributed by atoms with Crippen molar-refractivity contribution in [2.75, 3.05) is 10.5 Å². The zero-order valence-corrected chi connectivity index (χ0v) is 25.7. The Hall–Kier alpha value is -3.31. The van der Waals surface area contributed by atoms with Gasteiger partial charge in [-0.25, -0.2) is 12.8 Å². The van der Waals surface area contributed by atoms with Crippen molar-refractivity contribution >= 4 is 46.7 Å². The summed E-state index contributed by atoms with van der Waals surface area (Å²) >= 11 is 0. The van der Waals surface area contributed by atoms with Crippen LogP contribution in [0.25, 0.3) is 10.9 Å². The van der Waals surface area contributed by atoms with E-state index in [0.29, 0.717) is 16.5 Å². The maximum Gasteiger partial charge on any atom is 0.265 e. The van der Waals surface area contributed by atoms with Crippen LogP contribution in [0, 0.1) is 5.82 Å². The van der Waals surface area contributed by atoms with E-state index in [4.69, 9.17) is 4.43 Å². The lowest BCUT2D eigenvalue weighted by atomic mass is 10.0. The van der Waals surface area contributed by atoms with E-state index in [2.05, 4.69) is 51.2 Å². The molecule has 0 fully saturated rings. The molecule has 0 spiro atoms. The number of rotatable bonds is 10. The van der Waals surface area contributed by atoms with Crippen LogP contribution in [-0.4, -0.2) is 44.2 Å². The summed E-state index contributed by atoms with van der Waals surface area (Å²) in [4.78, 5) is 33.7. The summed E-state index contributed by atoms with van der Waals surface area (Å²) in [6.45, 7) is 14.0. The molecule has 1 aliphatic heterocycles. The van der Waals surface area contributed by atoms with Crippen LogP contribution < -0.4 is 9.15 Å². The number of hydrogen-bond donors (Lipinski definition) is 1. The van der Waals surface area contributed by atoms with Crippen LogP contribution in [0.1, 0.15) is 74.7 Å². The third-order valence-corrected chi connectivity index (χ3v) is 15.1. The standard InChI is InChI=1S/C29H36FN3O5SSi/c1-8-39(36,37)32-25-22-10-9-15-31-26(22)27(38-40(17(2)3,18(4)5)19(6)7)24-23(25)28(34)33(29(24)35)16-20-11-13-21(30)14-12-20/h9-15,17-19,32H,8,16H2,1-7H3. The van der Waals surface area contributed by atoms with Gasteiger partial charge in [-0.3, -0.25) is 24.2 Å². The molecule has 11 heteroatoms. The number of benzene rings is 2. The van der Waals surface area contributed by atoms with Gasteiger partial charge in [-0.1, -0.05) is 53.7 Å². The molecule has 2 amide bonds. The lowest BCUT2D eigenvalue weighted by molar-refractivity contribution is 0.0642. The second kappa shape index (κ2) is 10.9. The summed E-state index contributed by atoms with van der Waals surface area (Å²) in [5.74, 6) is -1.71. The van der Waals surface area contributed by atoms with Crippen molar-refractivity contribution in [3.63, 3.8) is 0 Å². The molecule has 0 saturated carbocycles. The van der Waals surface area contributed by atoms with E-state index < -0.39 is 36.0 Å². The van der Waals surface area contributed by atoms with Gasteiger partial charge in [-0.15, -0.1) is 0 Å². The average Bonchev–Trinajstić information content (AvgIpc) is 3.14. The van der Waals surface area contributed by atoms with Gasteiger partial charge in [0.1, 0.15) is 17.1 Å². The fourth-order valence-electron chi connectivity index (χ4n) is 5.94. The molecular weight excluding hydrogens is 549 g/mol. The molecule has 0 atom stereocenters.